The van der Waals surface area contributed by atoms with Crippen LogP contribution >= 0.6 is 0 Å². The molecule has 1 aromatic heterocycles. The van der Waals surface area contributed by atoms with E-state index in [4.69, 9.17) is 10.8 Å². The molecule has 7 nitrogen and oxygen atoms in total. The highest BCUT2D eigenvalue weighted by molar-refractivity contribution is 5.95. The second-order valence-corrected chi connectivity index (χ2v) is 3.67. The first-order chi connectivity index (χ1) is 8.99. The highest BCUT2D eigenvalue weighted by Crippen LogP contribution is 2.00. The fourth-order valence-corrected chi connectivity index (χ4v) is 1.31. The number of hydrogen-bond acceptors (Lipinski definition) is 4. The zero-order chi connectivity index (χ0) is 14.3. The van der Waals surface area contributed by atoms with Crippen molar-refractivity contribution < 1.29 is 19.5 Å². The van der Waals surface area contributed by atoms with Gasteiger partial charge in [0.15, 0.2) is 0 Å². The lowest BCUT2D eigenvalue weighted by atomic mass is 10.2. The quantitative estimate of drug-likeness (QED) is 0.671. The number of amides is 2. The minimum atomic E-state index is -1.22. The average Bonchev–Trinajstić information content (AvgIpc) is 2.35. The molecular formula is C12H13N3O4. The highest BCUT2D eigenvalue weighted by Gasteiger charge is 2.16. The second kappa shape index (κ2) is 6.90. The predicted octanol–water partition coefficient (Wildman–Crippen LogP) is -0.507. The normalized spacial score (nSPS) is 10.3. The molecule has 0 radical (unpaired) electrons. The van der Waals surface area contributed by atoms with Crippen LogP contribution in [0, 0.1) is 0 Å². The fourth-order valence-electron chi connectivity index (χ4n) is 1.31. The van der Waals surface area contributed by atoms with Crippen molar-refractivity contribution in [3.8, 4) is 0 Å². The molecule has 1 aromatic rings. The molecule has 7 heteroatoms. The molecule has 0 bridgehead atoms. The molecule has 0 atom stereocenters. The van der Waals surface area contributed by atoms with Crippen LogP contribution in [0.5, 0.6) is 0 Å². The summed E-state index contributed by atoms with van der Waals surface area (Å²) in [6, 6.07) is 3.43. The van der Waals surface area contributed by atoms with Gasteiger partial charge in [-0.15, -0.1) is 0 Å². The van der Waals surface area contributed by atoms with Gasteiger partial charge in [0.05, 0.1) is 0 Å². The van der Waals surface area contributed by atoms with E-state index in [1.54, 1.807) is 24.5 Å². The number of carboxylic acids is 1. The first kappa shape index (κ1) is 14.4. The first-order valence-corrected chi connectivity index (χ1v) is 5.36. The average molecular weight is 263 g/mol. The van der Waals surface area contributed by atoms with Gasteiger partial charge in [-0.2, -0.15) is 0 Å². The van der Waals surface area contributed by atoms with Crippen LogP contribution in [-0.4, -0.2) is 45.9 Å². The molecule has 0 aliphatic heterocycles. The van der Waals surface area contributed by atoms with Crippen LogP contribution in [0.3, 0.4) is 0 Å². The first-order valence-electron chi connectivity index (χ1n) is 5.36. The van der Waals surface area contributed by atoms with E-state index in [1.165, 1.54) is 12.2 Å². The van der Waals surface area contributed by atoms with E-state index in [0.717, 1.165) is 4.90 Å². The molecule has 0 aliphatic carbocycles. The standard InChI is InChI=1S/C12H13N3O4/c13-10(16)7-15(8-12(18)19)11(17)4-3-9-2-1-5-14-6-9/h1-6H,7-8H2,(H2,13,16)(H,18,19)/b4-3+. The van der Waals surface area contributed by atoms with E-state index in [-0.39, 0.29) is 0 Å². The van der Waals surface area contributed by atoms with Crippen molar-refractivity contribution in [2.45, 2.75) is 0 Å². The molecule has 0 aromatic carbocycles. The number of nitrogens with two attached hydrogens (primary N) is 1. The van der Waals surface area contributed by atoms with Gasteiger partial charge >= 0.3 is 5.97 Å². The molecule has 1 heterocycles. The van der Waals surface area contributed by atoms with Crippen molar-refractivity contribution in [3.63, 3.8) is 0 Å². The maximum atomic E-state index is 11.7. The molecular weight excluding hydrogens is 250 g/mol. The van der Waals surface area contributed by atoms with Gasteiger partial charge in [0.1, 0.15) is 13.1 Å². The third-order valence-electron chi connectivity index (χ3n) is 2.09. The SMILES string of the molecule is NC(=O)CN(CC(=O)O)C(=O)/C=C/c1cccnc1. The van der Waals surface area contributed by atoms with Gasteiger partial charge in [-0.25, -0.2) is 0 Å². The Morgan fingerprint density at radius 3 is 2.63 bits per heavy atom. The van der Waals surface area contributed by atoms with Gasteiger partial charge in [-0.3, -0.25) is 19.4 Å². The van der Waals surface area contributed by atoms with Gasteiger partial charge in [-0.1, -0.05) is 6.07 Å². The van der Waals surface area contributed by atoms with E-state index in [0.29, 0.717) is 5.56 Å². The topological polar surface area (TPSA) is 114 Å². The fraction of sp³-hybridized carbons (Fsp3) is 0.167. The summed E-state index contributed by atoms with van der Waals surface area (Å²) in [5.74, 6) is -2.60. The van der Waals surface area contributed by atoms with Gasteiger partial charge in [-0.05, 0) is 17.7 Å². The summed E-state index contributed by atoms with van der Waals surface area (Å²) in [7, 11) is 0. The Balaban J connectivity index is 2.73. The lowest BCUT2D eigenvalue weighted by molar-refractivity contribution is -0.143. The second-order valence-electron chi connectivity index (χ2n) is 3.67. The number of aromatic nitrogens is 1. The number of nitrogens with zero attached hydrogens (tertiary/aromatic N) is 2. The molecule has 2 amide bonds. The lowest BCUT2D eigenvalue weighted by Crippen LogP contribution is -2.40. The number of rotatable bonds is 6. The van der Waals surface area contributed by atoms with Crippen molar-refractivity contribution in [3.05, 3.63) is 36.2 Å². The van der Waals surface area contributed by atoms with Crippen LogP contribution in [0.25, 0.3) is 6.08 Å². The van der Waals surface area contributed by atoms with Gasteiger partial charge < -0.3 is 15.7 Å². The maximum absolute atomic E-state index is 11.7. The van der Waals surface area contributed by atoms with Crippen LogP contribution in [0.15, 0.2) is 30.6 Å². The lowest BCUT2D eigenvalue weighted by Gasteiger charge is -2.16. The number of primary amides is 1. The minimum Gasteiger partial charge on any atom is -0.480 e. The van der Waals surface area contributed by atoms with Crippen LogP contribution in [0.4, 0.5) is 0 Å². The summed E-state index contributed by atoms with van der Waals surface area (Å²) in [5, 5.41) is 8.65. The summed E-state index contributed by atoms with van der Waals surface area (Å²) < 4.78 is 0. The van der Waals surface area contributed by atoms with Crippen molar-refractivity contribution in [2.75, 3.05) is 13.1 Å². The molecule has 0 aliphatic rings. The molecule has 1 rings (SSSR count). The summed E-state index contributed by atoms with van der Waals surface area (Å²) in [6.45, 7) is -1.03. The Morgan fingerprint density at radius 2 is 2.11 bits per heavy atom. The van der Waals surface area contributed by atoms with E-state index < -0.39 is 30.9 Å². The van der Waals surface area contributed by atoms with Crippen LogP contribution in [0.1, 0.15) is 5.56 Å². The van der Waals surface area contributed by atoms with Crippen LogP contribution in [-0.2, 0) is 14.4 Å². The van der Waals surface area contributed by atoms with Crippen molar-refractivity contribution in [2.24, 2.45) is 5.73 Å². The Kier molecular flexibility index (Phi) is 5.21. The van der Waals surface area contributed by atoms with E-state index >= 15 is 0 Å². The minimum absolute atomic E-state index is 0.442. The van der Waals surface area contributed by atoms with Crippen LogP contribution in [0.2, 0.25) is 0 Å². The summed E-state index contributed by atoms with van der Waals surface area (Å²) >= 11 is 0. The summed E-state index contributed by atoms with van der Waals surface area (Å²) in [5.41, 5.74) is 5.64. The van der Waals surface area contributed by atoms with E-state index in [9.17, 15) is 14.4 Å². The van der Waals surface area contributed by atoms with Crippen LogP contribution < -0.4 is 5.73 Å². The Morgan fingerprint density at radius 1 is 1.37 bits per heavy atom. The van der Waals surface area contributed by atoms with E-state index in [2.05, 4.69) is 4.98 Å². The monoisotopic (exact) mass is 263 g/mol. The molecule has 0 saturated carbocycles. The molecule has 0 fully saturated rings. The molecule has 100 valence electrons. The highest BCUT2D eigenvalue weighted by atomic mass is 16.4. The number of carbonyl (C=O) groups excluding carboxylic acids is 2. The largest absolute Gasteiger partial charge is 0.480 e. The third kappa shape index (κ3) is 5.44. The van der Waals surface area contributed by atoms with E-state index in [1.807, 2.05) is 0 Å². The Bertz CT molecular complexity index is 483. The number of hydrogen-bond donors (Lipinski definition) is 2. The Hall–Kier alpha value is -2.70. The zero-order valence-corrected chi connectivity index (χ0v) is 10.0. The third-order valence-corrected chi connectivity index (χ3v) is 2.09. The number of carbonyl (C=O) groups is 3. The van der Waals surface area contributed by atoms with Crippen molar-refractivity contribution >= 4 is 23.9 Å². The van der Waals surface area contributed by atoms with Crippen molar-refractivity contribution in [1.82, 2.24) is 9.88 Å². The Labute approximate surface area is 109 Å². The summed E-state index contributed by atoms with van der Waals surface area (Å²) in [4.78, 5) is 37.8. The number of aliphatic carboxylic acids is 1. The van der Waals surface area contributed by atoms with Gasteiger partial charge in [0.2, 0.25) is 11.8 Å². The predicted molar refractivity (Wildman–Crippen MR) is 66.7 cm³/mol. The van der Waals surface area contributed by atoms with Gasteiger partial charge in [0, 0.05) is 18.5 Å². The molecule has 0 spiro atoms. The smallest absolute Gasteiger partial charge is 0.323 e. The van der Waals surface area contributed by atoms with Crippen molar-refractivity contribution in [1.29, 1.82) is 0 Å². The molecule has 3 N–H and O–H groups in total. The maximum Gasteiger partial charge on any atom is 0.323 e. The number of pyridine rings is 1. The zero-order valence-electron chi connectivity index (χ0n) is 10.0. The molecule has 0 unspecified atom stereocenters. The summed E-state index contributed by atoms with van der Waals surface area (Å²) in [6.07, 6.45) is 5.77. The van der Waals surface area contributed by atoms with Gasteiger partial charge in [0.25, 0.3) is 0 Å². The molecule has 19 heavy (non-hydrogen) atoms. The number of carboxylic acid groups (broad SMARTS) is 1. The molecule has 0 saturated heterocycles.